The van der Waals surface area contributed by atoms with Gasteiger partial charge in [0.1, 0.15) is 5.75 Å². The van der Waals surface area contributed by atoms with E-state index in [0.717, 1.165) is 0 Å². The highest BCUT2D eigenvalue weighted by Gasteiger charge is 2.24. The molecule has 146 valence electrons. The number of aromatic hydroxyl groups is 1. The highest BCUT2D eigenvalue weighted by atomic mass is 31.1. The lowest BCUT2D eigenvalue weighted by Gasteiger charge is -2.27. The summed E-state index contributed by atoms with van der Waals surface area (Å²) in [6.45, 7) is 17.9. The van der Waals surface area contributed by atoms with Crippen LogP contribution in [-0.2, 0) is 0 Å². The second-order valence-electron chi connectivity index (χ2n) is 8.03. The van der Waals surface area contributed by atoms with Crippen LogP contribution in [0.5, 0.6) is 5.75 Å². The molecule has 0 bridgehead atoms. The zero-order chi connectivity index (χ0) is 20.7. The Bertz CT molecular complexity index is 982. The van der Waals surface area contributed by atoms with Crippen molar-refractivity contribution in [2.24, 2.45) is 0 Å². The standard InChI is InChI=1S/C26H31OP/c1-15-13-25(21(7)19(5)17(15)3)28(24-11-9-23(27)10-12-24)26-14-16(2)18(4)20(6)22(26)8/h9-14,27H,1-8H3. The smallest absolute Gasteiger partial charge is 0.115 e. The Morgan fingerprint density at radius 2 is 0.929 bits per heavy atom. The van der Waals surface area contributed by atoms with Crippen molar-refractivity contribution in [1.29, 1.82) is 0 Å². The number of hydrogen-bond acceptors (Lipinski definition) is 1. The Morgan fingerprint density at radius 1 is 0.536 bits per heavy atom. The Kier molecular flexibility index (Phi) is 5.69. The summed E-state index contributed by atoms with van der Waals surface area (Å²) < 4.78 is 0. The quantitative estimate of drug-likeness (QED) is 0.576. The van der Waals surface area contributed by atoms with Crippen LogP contribution in [0.3, 0.4) is 0 Å². The van der Waals surface area contributed by atoms with Gasteiger partial charge in [0.05, 0.1) is 0 Å². The third-order valence-corrected chi connectivity index (χ3v) is 9.20. The van der Waals surface area contributed by atoms with Gasteiger partial charge in [0.25, 0.3) is 0 Å². The Hall–Kier alpha value is -2.11. The van der Waals surface area contributed by atoms with Gasteiger partial charge in [-0.2, -0.15) is 0 Å². The monoisotopic (exact) mass is 390 g/mol. The normalized spacial score (nSPS) is 11.3. The van der Waals surface area contributed by atoms with Gasteiger partial charge in [-0.05, 0) is 136 Å². The number of benzene rings is 3. The SMILES string of the molecule is Cc1cc(P(c2ccc(O)cc2)c2cc(C)c(C)c(C)c2C)c(C)c(C)c1C. The van der Waals surface area contributed by atoms with E-state index in [1.165, 1.54) is 60.4 Å². The van der Waals surface area contributed by atoms with Crippen molar-refractivity contribution in [1.82, 2.24) is 0 Å². The summed E-state index contributed by atoms with van der Waals surface area (Å²) in [5.74, 6) is 0.319. The van der Waals surface area contributed by atoms with E-state index in [1.807, 2.05) is 12.1 Å². The Labute approximate surface area is 171 Å². The molecule has 0 aliphatic carbocycles. The minimum Gasteiger partial charge on any atom is -0.508 e. The first-order valence-corrected chi connectivity index (χ1v) is 11.2. The summed E-state index contributed by atoms with van der Waals surface area (Å²) >= 11 is 0. The van der Waals surface area contributed by atoms with Gasteiger partial charge in [0.2, 0.25) is 0 Å². The van der Waals surface area contributed by atoms with Gasteiger partial charge in [0.15, 0.2) is 0 Å². The number of phenols is 1. The molecule has 0 heterocycles. The number of hydrogen-bond donors (Lipinski definition) is 1. The molecule has 1 nitrogen and oxygen atoms in total. The van der Waals surface area contributed by atoms with Crippen molar-refractivity contribution in [3.63, 3.8) is 0 Å². The molecule has 0 aliphatic heterocycles. The molecule has 2 heteroatoms. The molecule has 0 saturated carbocycles. The highest BCUT2D eigenvalue weighted by Crippen LogP contribution is 2.39. The molecule has 3 rings (SSSR count). The molecule has 0 spiro atoms. The van der Waals surface area contributed by atoms with Crippen molar-refractivity contribution in [2.75, 3.05) is 0 Å². The van der Waals surface area contributed by atoms with E-state index in [2.05, 4.69) is 79.7 Å². The molecule has 0 amide bonds. The van der Waals surface area contributed by atoms with E-state index in [4.69, 9.17) is 0 Å². The maximum absolute atomic E-state index is 9.85. The van der Waals surface area contributed by atoms with E-state index in [-0.39, 0.29) is 0 Å². The summed E-state index contributed by atoms with van der Waals surface area (Å²) in [5.41, 5.74) is 11.0. The van der Waals surface area contributed by atoms with Crippen molar-refractivity contribution in [3.05, 3.63) is 80.9 Å². The molecule has 0 aromatic heterocycles. The van der Waals surface area contributed by atoms with Gasteiger partial charge >= 0.3 is 0 Å². The molecule has 3 aromatic rings. The largest absolute Gasteiger partial charge is 0.508 e. The van der Waals surface area contributed by atoms with Gasteiger partial charge < -0.3 is 5.11 Å². The number of aryl methyl sites for hydroxylation is 2. The average Bonchev–Trinajstić information content (AvgIpc) is 2.67. The molecule has 28 heavy (non-hydrogen) atoms. The van der Waals surface area contributed by atoms with Gasteiger partial charge in [-0.25, -0.2) is 0 Å². The molecule has 0 fully saturated rings. The van der Waals surface area contributed by atoms with E-state index in [1.54, 1.807) is 0 Å². The predicted octanol–water partition coefficient (Wildman–Crippen LogP) is 5.62. The minimum absolute atomic E-state index is 0.319. The molecular weight excluding hydrogens is 359 g/mol. The third kappa shape index (κ3) is 3.49. The van der Waals surface area contributed by atoms with E-state index in [9.17, 15) is 5.11 Å². The fraction of sp³-hybridized carbons (Fsp3) is 0.308. The van der Waals surface area contributed by atoms with Gasteiger partial charge in [-0.3, -0.25) is 0 Å². The van der Waals surface area contributed by atoms with Gasteiger partial charge in [-0.15, -0.1) is 0 Å². The van der Waals surface area contributed by atoms with Crippen molar-refractivity contribution < 1.29 is 5.11 Å². The first-order valence-electron chi connectivity index (χ1n) is 9.87. The van der Waals surface area contributed by atoms with Crippen LogP contribution in [-0.4, -0.2) is 5.11 Å². The minimum atomic E-state index is -0.701. The average molecular weight is 391 g/mol. The van der Waals surface area contributed by atoms with E-state index >= 15 is 0 Å². The summed E-state index contributed by atoms with van der Waals surface area (Å²) in [5, 5.41) is 14.0. The fourth-order valence-electron chi connectivity index (χ4n) is 3.86. The van der Waals surface area contributed by atoms with E-state index in [0.29, 0.717) is 5.75 Å². The van der Waals surface area contributed by atoms with Crippen LogP contribution in [0, 0.1) is 55.4 Å². The number of rotatable bonds is 3. The predicted molar refractivity (Wildman–Crippen MR) is 125 cm³/mol. The first kappa shape index (κ1) is 20.6. The molecule has 0 atom stereocenters. The molecule has 1 N–H and O–H groups in total. The lowest BCUT2D eigenvalue weighted by Crippen LogP contribution is -2.26. The molecule has 0 saturated heterocycles. The zero-order valence-electron chi connectivity index (χ0n) is 18.4. The van der Waals surface area contributed by atoms with Crippen LogP contribution in [0.15, 0.2) is 36.4 Å². The Balaban J connectivity index is 2.38. The fourth-order valence-corrected chi connectivity index (χ4v) is 6.77. The summed E-state index contributed by atoms with van der Waals surface area (Å²) in [7, 11) is -0.701. The van der Waals surface area contributed by atoms with Crippen LogP contribution in [0.1, 0.15) is 44.5 Å². The van der Waals surface area contributed by atoms with Gasteiger partial charge in [-0.1, -0.05) is 24.3 Å². The van der Waals surface area contributed by atoms with Crippen molar-refractivity contribution in [2.45, 2.75) is 55.4 Å². The summed E-state index contributed by atoms with van der Waals surface area (Å²) in [6.07, 6.45) is 0. The number of phenolic OH excluding ortho intramolecular Hbond substituents is 1. The van der Waals surface area contributed by atoms with Crippen LogP contribution < -0.4 is 15.9 Å². The zero-order valence-corrected chi connectivity index (χ0v) is 19.3. The molecule has 0 unspecified atom stereocenters. The molecule has 3 aromatic carbocycles. The summed E-state index contributed by atoms with van der Waals surface area (Å²) in [4.78, 5) is 0. The van der Waals surface area contributed by atoms with Crippen molar-refractivity contribution >= 4 is 23.8 Å². The van der Waals surface area contributed by atoms with Crippen molar-refractivity contribution in [3.8, 4) is 5.75 Å². The van der Waals surface area contributed by atoms with Crippen LogP contribution in [0.25, 0.3) is 0 Å². The molecule has 0 aliphatic rings. The maximum atomic E-state index is 9.85. The lowest BCUT2D eigenvalue weighted by molar-refractivity contribution is 0.475. The summed E-state index contributed by atoms with van der Waals surface area (Å²) in [6, 6.07) is 12.6. The first-order chi connectivity index (χ1) is 13.1. The second-order valence-corrected chi connectivity index (χ2v) is 10.2. The topological polar surface area (TPSA) is 20.2 Å². The van der Waals surface area contributed by atoms with Crippen LogP contribution in [0.2, 0.25) is 0 Å². The van der Waals surface area contributed by atoms with Gasteiger partial charge in [0, 0.05) is 0 Å². The second kappa shape index (κ2) is 7.72. The third-order valence-electron chi connectivity index (χ3n) is 6.50. The molecular formula is C26H31OP. The lowest BCUT2D eigenvalue weighted by atomic mass is 9.99. The highest BCUT2D eigenvalue weighted by molar-refractivity contribution is 7.80. The molecule has 0 radical (unpaired) electrons. The maximum Gasteiger partial charge on any atom is 0.115 e. The van der Waals surface area contributed by atoms with Crippen LogP contribution in [0.4, 0.5) is 0 Å². The van der Waals surface area contributed by atoms with E-state index < -0.39 is 7.92 Å². The Morgan fingerprint density at radius 3 is 1.32 bits per heavy atom. The van der Waals surface area contributed by atoms with Crippen LogP contribution >= 0.6 is 7.92 Å².